The topological polar surface area (TPSA) is 112 Å². The summed E-state index contributed by atoms with van der Waals surface area (Å²) in [5.41, 5.74) is 0. The van der Waals surface area contributed by atoms with Crippen LogP contribution in [0.2, 0.25) is 0 Å². The molecule has 0 radical (unpaired) electrons. The molecule has 22 heavy (non-hydrogen) atoms. The lowest BCUT2D eigenvalue weighted by atomic mass is 9.98. The number of hydrogen-bond acceptors (Lipinski definition) is 8. The Kier molecular flexibility index (Phi) is 7.74. The Morgan fingerprint density at radius 2 is 1.77 bits per heavy atom. The number of aliphatic hydroxyl groups excluding tert-OH is 2. The first-order valence-corrected chi connectivity index (χ1v) is 7.31. The molecule has 0 bridgehead atoms. The second kappa shape index (κ2) is 9.04. The molecule has 1 unspecified atom stereocenters. The zero-order chi connectivity index (χ0) is 16.7. The van der Waals surface area contributed by atoms with E-state index in [0.29, 0.717) is 6.61 Å². The standard InChI is InChI=1S/C14H24O8/c1-4-5-6-19-12-11(18)10(7-15)22-14(21-9(3)17)13(12)20-8(2)16/h10-15,18H,4-7H2,1-3H3/t10-,11-,12-,13+,14?/m1/s1. The predicted molar refractivity (Wildman–Crippen MR) is 73.7 cm³/mol. The molecule has 0 aliphatic carbocycles. The molecule has 0 saturated carbocycles. The van der Waals surface area contributed by atoms with E-state index in [9.17, 15) is 19.8 Å². The number of esters is 2. The Bertz CT molecular complexity index is 372. The molecular formula is C14H24O8. The van der Waals surface area contributed by atoms with Crippen LogP contribution < -0.4 is 0 Å². The molecule has 0 amide bonds. The third-order valence-corrected chi connectivity index (χ3v) is 3.19. The highest BCUT2D eigenvalue weighted by atomic mass is 16.7. The molecule has 1 saturated heterocycles. The smallest absolute Gasteiger partial charge is 0.305 e. The van der Waals surface area contributed by atoms with Crippen LogP contribution in [-0.2, 0) is 28.5 Å². The van der Waals surface area contributed by atoms with Crippen molar-refractivity contribution in [1.82, 2.24) is 0 Å². The summed E-state index contributed by atoms with van der Waals surface area (Å²) in [6.07, 6.45) is -3.87. The molecule has 0 aromatic carbocycles. The van der Waals surface area contributed by atoms with Gasteiger partial charge in [0.05, 0.1) is 6.61 Å². The number of carbonyl (C=O) groups excluding carboxylic acids is 2. The predicted octanol–water partition coefficient (Wildman–Crippen LogP) is -0.255. The highest BCUT2D eigenvalue weighted by molar-refractivity contribution is 5.67. The van der Waals surface area contributed by atoms with Crippen LogP contribution in [0.15, 0.2) is 0 Å². The molecular weight excluding hydrogens is 296 g/mol. The van der Waals surface area contributed by atoms with Crippen LogP contribution in [0.5, 0.6) is 0 Å². The second-order valence-corrected chi connectivity index (χ2v) is 5.09. The Balaban J connectivity index is 2.93. The maximum Gasteiger partial charge on any atom is 0.305 e. The van der Waals surface area contributed by atoms with Gasteiger partial charge in [-0.05, 0) is 6.42 Å². The van der Waals surface area contributed by atoms with E-state index in [1.54, 1.807) is 0 Å². The van der Waals surface area contributed by atoms with Crippen molar-refractivity contribution in [2.24, 2.45) is 0 Å². The summed E-state index contributed by atoms with van der Waals surface area (Å²) in [6, 6.07) is 0. The Morgan fingerprint density at radius 1 is 1.14 bits per heavy atom. The summed E-state index contributed by atoms with van der Waals surface area (Å²) in [4.78, 5) is 22.5. The summed E-state index contributed by atoms with van der Waals surface area (Å²) in [7, 11) is 0. The van der Waals surface area contributed by atoms with Gasteiger partial charge in [0.15, 0.2) is 6.10 Å². The summed E-state index contributed by atoms with van der Waals surface area (Å²) in [5, 5.41) is 19.5. The van der Waals surface area contributed by atoms with Gasteiger partial charge in [0.25, 0.3) is 0 Å². The first-order chi connectivity index (χ1) is 10.4. The molecule has 1 heterocycles. The van der Waals surface area contributed by atoms with Crippen molar-refractivity contribution in [1.29, 1.82) is 0 Å². The molecule has 2 N–H and O–H groups in total. The van der Waals surface area contributed by atoms with Gasteiger partial charge in [-0.25, -0.2) is 0 Å². The number of hydrogen-bond donors (Lipinski definition) is 2. The SMILES string of the molecule is CCCCO[C@@H]1[C@H](O)[C@@H](CO)OC(OC(C)=O)[C@H]1OC(C)=O. The zero-order valence-electron chi connectivity index (χ0n) is 13.1. The van der Waals surface area contributed by atoms with E-state index in [4.69, 9.17) is 18.9 Å². The molecule has 1 fully saturated rings. The minimum Gasteiger partial charge on any atom is -0.453 e. The minimum atomic E-state index is -1.24. The van der Waals surface area contributed by atoms with Crippen molar-refractivity contribution in [3.8, 4) is 0 Å². The van der Waals surface area contributed by atoms with Crippen LogP contribution >= 0.6 is 0 Å². The van der Waals surface area contributed by atoms with Gasteiger partial charge in [-0.3, -0.25) is 9.59 Å². The number of carbonyl (C=O) groups is 2. The fraction of sp³-hybridized carbons (Fsp3) is 0.857. The van der Waals surface area contributed by atoms with Crippen LogP contribution in [-0.4, -0.2) is 66.1 Å². The first kappa shape index (κ1) is 18.8. The third-order valence-electron chi connectivity index (χ3n) is 3.19. The van der Waals surface area contributed by atoms with Crippen molar-refractivity contribution < 1.29 is 38.7 Å². The molecule has 8 nitrogen and oxygen atoms in total. The largest absolute Gasteiger partial charge is 0.453 e. The molecule has 8 heteroatoms. The van der Waals surface area contributed by atoms with Gasteiger partial charge >= 0.3 is 11.9 Å². The maximum atomic E-state index is 11.3. The molecule has 0 aromatic rings. The number of rotatable bonds is 7. The average Bonchev–Trinajstić information content (AvgIpc) is 2.44. The van der Waals surface area contributed by atoms with E-state index >= 15 is 0 Å². The van der Waals surface area contributed by atoms with Crippen molar-refractivity contribution in [3.05, 3.63) is 0 Å². The summed E-state index contributed by atoms with van der Waals surface area (Å²) in [6.45, 7) is 4.20. The quantitative estimate of drug-likeness (QED) is 0.488. The van der Waals surface area contributed by atoms with Crippen LogP contribution in [0.25, 0.3) is 0 Å². The maximum absolute atomic E-state index is 11.3. The molecule has 0 aromatic heterocycles. The van der Waals surface area contributed by atoms with Gasteiger partial charge in [0, 0.05) is 20.5 Å². The van der Waals surface area contributed by atoms with Crippen molar-refractivity contribution in [2.45, 2.75) is 64.3 Å². The van der Waals surface area contributed by atoms with Gasteiger partial charge in [0.1, 0.15) is 18.3 Å². The van der Waals surface area contributed by atoms with Crippen LogP contribution in [0, 0.1) is 0 Å². The molecule has 5 atom stereocenters. The van der Waals surface area contributed by atoms with Crippen molar-refractivity contribution in [3.63, 3.8) is 0 Å². The Morgan fingerprint density at radius 3 is 2.27 bits per heavy atom. The minimum absolute atomic E-state index is 0.334. The van der Waals surface area contributed by atoms with Gasteiger partial charge in [0.2, 0.25) is 6.29 Å². The summed E-state index contributed by atoms with van der Waals surface area (Å²) < 4.78 is 21.0. The fourth-order valence-electron chi connectivity index (χ4n) is 2.17. The van der Waals surface area contributed by atoms with E-state index < -0.39 is 49.3 Å². The number of unbranched alkanes of at least 4 members (excludes halogenated alkanes) is 1. The second-order valence-electron chi connectivity index (χ2n) is 5.09. The van der Waals surface area contributed by atoms with Crippen LogP contribution in [0.1, 0.15) is 33.6 Å². The normalized spacial score (nSPS) is 31.6. The van der Waals surface area contributed by atoms with Crippen LogP contribution in [0.4, 0.5) is 0 Å². The van der Waals surface area contributed by atoms with E-state index in [0.717, 1.165) is 12.8 Å². The average molecular weight is 320 g/mol. The summed E-state index contributed by atoms with van der Waals surface area (Å²) in [5.74, 6) is -1.26. The first-order valence-electron chi connectivity index (χ1n) is 7.31. The highest BCUT2D eigenvalue weighted by Gasteiger charge is 2.49. The molecule has 1 aliphatic heterocycles. The van der Waals surface area contributed by atoms with Crippen molar-refractivity contribution >= 4 is 11.9 Å². The Labute approximate surface area is 129 Å². The lowest BCUT2D eigenvalue weighted by Gasteiger charge is -2.42. The van der Waals surface area contributed by atoms with Crippen molar-refractivity contribution in [2.75, 3.05) is 13.2 Å². The number of aliphatic hydroxyl groups is 2. The van der Waals surface area contributed by atoms with Gasteiger partial charge in [-0.2, -0.15) is 0 Å². The third kappa shape index (κ3) is 5.20. The number of ether oxygens (including phenoxy) is 4. The fourth-order valence-corrected chi connectivity index (χ4v) is 2.17. The summed E-state index contributed by atoms with van der Waals surface area (Å²) >= 11 is 0. The zero-order valence-corrected chi connectivity index (χ0v) is 13.1. The van der Waals surface area contributed by atoms with Gasteiger partial charge < -0.3 is 29.2 Å². The van der Waals surface area contributed by atoms with E-state index in [-0.39, 0.29) is 0 Å². The van der Waals surface area contributed by atoms with E-state index in [2.05, 4.69) is 0 Å². The molecule has 1 aliphatic rings. The molecule has 0 spiro atoms. The lowest BCUT2D eigenvalue weighted by molar-refractivity contribution is -0.301. The molecule has 1 rings (SSSR count). The Hall–Kier alpha value is -1.22. The van der Waals surface area contributed by atoms with E-state index in [1.165, 1.54) is 13.8 Å². The lowest BCUT2D eigenvalue weighted by Crippen LogP contribution is -2.61. The molecule has 128 valence electrons. The van der Waals surface area contributed by atoms with Gasteiger partial charge in [-0.1, -0.05) is 13.3 Å². The highest BCUT2D eigenvalue weighted by Crippen LogP contribution is 2.27. The van der Waals surface area contributed by atoms with E-state index in [1.807, 2.05) is 6.92 Å². The van der Waals surface area contributed by atoms with Crippen LogP contribution in [0.3, 0.4) is 0 Å². The monoisotopic (exact) mass is 320 g/mol. The van der Waals surface area contributed by atoms with Gasteiger partial charge in [-0.15, -0.1) is 0 Å².